The largest absolute Gasteiger partial charge is 0.497 e. The third kappa shape index (κ3) is 2.91. The number of benzene rings is 3. The van der Waals surface area contributed by atoms with Crippen LogP contribution in [0.2, 0.25) is 0 Å². The predicted molar refractivity (Wildman–Crippen MR) is 96.6 cm³/mol. The topological polar surface area (TPSA) is 38.8 Å². The summed E-state index contributed by atoms with van der Waals surface area (Å²) in [5.74, 6) is 0.804. The standard InChI is InChI=1S/C21H19NO3/c1-24-17-11-9-15(10-12-17)13-22-20(14-25-21(22)23)19-8-4-6-16-5-2-3-7-18(16)19/h2-12,20H,13-14H2,1H3/t20-/m0/s1. The molecule has 1 aliphatic heterocycles. The van der Waals surface area contributed by atoms with Gasteiger partial charge in [0.15, 0.2) is 0 Å². The van der Waals surface area contributed by atoms with Crippen LogP contribution in [0.15, 0.2) is 66.7 Å². The molecular weight excluding hydrogens is 314 g/mol. The van der Waals surface area contributed by atoms with Crippen LogP contribution in [0.5, 0.6) is 5.75 Å². The summed E-state index contributed by atoms with van der Waals surface area (Å²) in [6, 6.07) is 22.1. The Balaban J connectivity index is 1.67. The summed E-state index contributed by atoms with van der Waals surface area (Å²) in [4.78, 5) is 14.1. The molecule has 0 unspecified atom stereocenters. The monoisotopic (exact) mass is 333 g/mol. The molecule has 0 bridgehead atoms. The lowest BCUT2D eigenvalue weighted by Crippen LogP contribution is -2.27. The summed E-state index contributed by atoms with van der Waals surface area (Å²) in [6.45, 7) is 0.889. The third-order valence-electron chi connectivity index (χ3n) is 4.67. The SMILES string of the molecule is COc1ccc(CN2C(=O)OC[C@H]2c2cccc3ccccc23)cc1. The summed E-state index contributed by atoms with van der Waals surface area (Å²) >= 11 is 0. The van der Waals surface area contributed by atoms with Crippen LogP contribution in [0.1, 0.15) is 17.2 Å². The van der Waals surface area contributed by atoms with Crippen molar-refractivity contribution in [3.05, 3.63) is 77.9 Å². The molecule has 1 amide bonds. The summed E-state index contributed by atoms with van der Waals surface area (Å²) in [7, 11) is 1.64. The Morgan fingerprint density at radius 2 is 1.80 bits per heavy atom. The first-order valence-electron chi connectivity index (χ1n) is 8.30. The molecule has 1 fully saturated rings. The molecule has 4 nitrogen and oxygen atoms in total. The van der Waals surface area contributed by atoms with Crippen LogP contribution in [0.25, 0.3) is 10.8 Å². The lowest BCUT2D eigenvalue weighted by atomic mass is 9.98. The second kappa shape index (κ2) is 6.48. The molecule has 0 aromatic heterocycles. The van der Waals surface area contributed by atoms with Crippen molar-refractivity contribution in [3.8, 4) is 5.75 Å². The van der Waals surface area contributed by atoms with Crippen LogP contribution in [0, 0.1) is 0 Å². The van der Waals surface area contributed by atoms with E-state index in [0.29, 0.717) is 13.2 Å². The number of ether oxygens (including phenoxy) is 2. The number of rotatable bonds is 4. The van der Waals surface area contributed by atoms with E-state index in [1.54, 1.807) is 12.0 Å². The first-order chi connectivity index (χ1) is 12.3. The summed E-state index contributed by atoms with van der Waals surface area (Å²) in [5, 5.41) is 2.33. The Labute approximate surface area is 146 Å². The Kier molecular flexibility index (Phi) is 4.02. The molecule has 3 aromatic rings. The number of carbonyl (C=O) groups is 1. The molecule has 126 valence electrons. The lowest BCUT2D eigenvalue weighted by molar-refractivity contribution is 0.156. The minimum atomic E-state index is -0.270. The zero-order chi connectivity index (χ0) is 17.2. The fraction of sp³-hybridized carbons (Fsp3) is 0.190. The average molecular weight is 333 g/mol. The van der Waals surface area contributed by atoms with Crippen molar-refractivity contribution in [1.29, 1.82) is 0 Å². The molecule has 0 saturated carbocycles. The van der Waals surface area contributed by atoms with Crippen molar-refractivity contribution in [2.45, 2.75) is 12.6 Å². The second-order valence-corrected chi connectivity index (χ2v) is 6.14. The van der Waals surface area contributed by atoms with Crippen LogP contribution in [-0.4, -0.2) is 24.7 Å². The van der Waals surface area contributed by atoms with Gasteiger partial charge in [-0.15, -0.1) is 0 Å². The molecule has 1 saturated heterocycles. The molecule has 0 N–H and O–H groups in total. The van der Waals surface area contributed by atoms with E-state index in [-0.39, 0.29) is 12.1 Å². The lowest BCUT2D eigenvalue weighted by Gasteiger charge is -2.23. The second-order valence-electron chi connectivity index (χ2n) is 6.14. The van der Waals surface area contributed by atoms with Gasteiger partial charge in [0, 0.05) is 6.54 Å². The zero-order valence-electron chi connectivity index (χ0n) is 14.0. The Bertz CT molecular complexity index is 899. The molecule has 0 radical (unpaired) electrons. The molecule has 3 aromatic carbocycles. The van der Waals surface area contributed by atoms with Gasteiger partial charge in [-0.3, -0.25) is 4.90 Å². The van der Waals surface area contributed by atoms with Gasteiger partial charge in [0.25, 0.3) is 0 Å². The highest BCUT2D eigenvalue weighted by molar-refractivity contribution is 5.87. The Morgan fingerprint density at radius 3 is 2.60 bits per heavy atom. The van der Waals surface area contributed by atoms with E-state index in [1.807, 2.05) is 42.5 Å². The van der Waals surface area contributed by atoms with E-state index in [4.69, 9.17) is 9.47 Å². The summed E-state index contributed by atoms with van der Waals surface area (Å²) in [6.07, 6.45) is -0.270. The number of nitrogens with zero attached hydrogens (tertiary/aromatic N) is 1. The smallest absolute Gasteiger partial charge is 0.410 e. The molecule has 1 aliphatic rings. The highest BCUT2D eigenvalue weighted by Crippen LogP contribution is 2.33. The highest BCUT2D eigenvalue weighted by atomic mass is 16.6. The molecular formula is C21H19NO3. The van der Waals surface area contributed by atoms with Crippen LogP contribution in [0.4, 0.5) is 4.79 Å². The fourth-order valence-corrected chi connectivity index (χ4v) is 3.35. The number of carbonyl (C=O) groups excluding carboxylic acids is 1. The molecule has 1 heterocycles. The number of hydrogen-bond donors (Lipinski definition) is 0. The van der Waals surface area contributed by atoms with Gasteiger partial charge in [0.2, 0.25) is 0 Å². The molecule has 4 heteroatoms. The minimum Gasteiger partial charge on any atom is -0.497 e. The van der Waals surface area contributed by atoms with Crippen molar-refractivity contribution >= 4 is 16.9 Å². The van der Waals surface area contributed by atoms with Crippen molar-refractivity contribution in [3.63, 3.8) is 0 Å². The van der Waals surface area contributed by atoms with Gasteiger partial charge in [-0.05, 0) is 34.0 Å². The quantitative estimate of drug-likeness (QED) is 0.703. The van der Waals surface area contributed by atoms with Crippen LogP contribution < -0.4 is 4.74 Å². The van der Waals surface area contributed by atoms with Gasteiger partial charge in [0.05, 0.1) is 13.2 Å². The summed E-state index contributed by atoms with van der Waals surface area (Å²) in [5.41, 5.74) is 2.17. The Morgan fingerprint density at radius 1 is 1.04 bits per heavy atom. The van der Waals surface area contributed by atoms with Gasteiger partial charge >= 0.3 is 6.09 Å². The minimum absolute atomic E-state index is 0.0827. The van der Waals surface area contributed by atoms with Crippen molar-refractivity contribution in [2.75, 3.05) is 13.7 Å². The fourth-order valence-electron chi connectivity index (χ4n) is 3.35. The van der Waals surface area contributed by atoms with Crippen LogP contribution >= 0.6 is 0 Å². The maximum atomic E-state index is 12.3. The van der Waals surface area contributed by atoms with Crippen molar-refractivity contribution < 1.29 is 14.3 Å². The van der Waals surface area contributed by atoms with Gasteiger partial charge in [-0.25, -0.2) is 4.79 Å². The summed E-state index contributed by atoms with van der Waals surface area (Å²) < 4.78 is 10.6. The van der Waals surface area contributed by atoms with E-state index in [0.717, 1.165) is 22.3 Å². The molecule has 25 heavy (non-hydrogen) atoms. The first kappa shape index (κ1) is 15.5. The maximum absolute atomic E-state index is 12.3. The first-order valence-corrected chi connectivity index (χ1v) is 8.30. The van der Waals surface area contributed by atoms with Gasteiger partial charge in [0.1, 0.15) is 12.4 Å². The highest BCUT2D eigenvalue weighted by Gasteiger charge is 2.34. The zero-order valence-corrected chi connectivity index (χ0v) is 14.0. The number of hydrogen-bond acceptors (Lipinski definition) is 3. The van der Waals surface area contributed by atoms with Gasteiger partial charge in [-0.1, -0.05) is 54.6 Å². The maximum Gasteiger partial charge on any atom is 0.410 e. The third-order valence-corrected chi connectivity index (χ3v) is 4.67. The Hall–Kier alpha value is -3.01. The van der Waals surface area contributed by atoms with Crippen LogP contribution in [0.3, 0.4) is 0 Å². The van der Waals surface area contributed by atoms with Crippen molar-refractivity contribution in [2.24, 2.45) is 0 Å². The van der Waals surface area contributed by atoms with E-state index in [9.17, 15) is 4.79 Å². The number of amides is 1. The van der Waals surface area contributed by atoms with Crippen LogP contribution in [-0.2, 0) is 11.3 Å². The number of fused-ring (bicyclic) bond motifs is 1. The average Bonchev–Trinajstić information content (AvgIpc) is 3.02. The van der Waals surface area contributed by atoms with E-state index < -0.39 is 0 Å². The number of cyclic esters (lactones) is 1. The van der Waals surface area contributed by atoms with E-state index in [2.05, 4.69) is 24.3 Å². The molecule has 4 rings (SSSR count). The molecule has 0 aliphatic carbocycles. The van der Waals surface area contributed by atoms with E-state index >= 15 is 0 Å². The predicted octanol–water partition coefficient (Wildman–Crippen LogP) is 4.54. The molecule has 0 spiro atoms. The normalized spacial score (nSPS) is 16.9. The van der Waals surface area contributed by atoms with Gasteiger partial charge in [-0.2, -0.15) is 0 Å². The molecule has 1 atom stereocenters. The van der Waals surface area contributed by atoms with Crippen molar-refractivity contribution in [1.82, 2.24) is 4.90 Å². The number of methoxy groups -OCH3 is 1. The van der Waals surface area contributed by atoms with E-state index in [1.165, 1.54) is 5.39 Å². The van der Waals surface area contributed by atoms with Gasteiger partial charge < -0.3 is 9.47 Å².